The van der Waals surface area contributed by atoms with Crippen molar-refractivity contribution >= 4 is 5.96 Å². The van der Waals surface area contributed by atoms with E-state index >= 15 is 0 Å². The van der Waals surface area contributed by atoms with Crippen LogP contribution in [0.2, 0.25) is 0 Å². The van der Waals surface area contributed by atoms with Crippen LogP contribution in [0.1, 0.15) is 12.0 Å². The average molecular weight is 370 g/mol. The second kappa shape index (κ2) is 9.02. The molecule has 1 heterocycles. The Kier molecular flexibility index (Phi) is 6.76. The van der Waals surface area contributed by atoms with Crippen molar-refractivity contribution in [2.45, 2.75) is 19.1 Å². The van der Waals surface area contributed by atoms with Gasteiger partial charge in [-0.25, -0.2) is 9.37 Å². The van der Waals surface area contributed by atoms with E-state index in [0.717, 1.165) is 0 Å². The Bertz CT molecular complexity index is 750. The quantitative estimate of drug-likeness (QED) is 0.463. The number of alkyl halides is 3. The molecular weight excluding hydrogens is 352 g/mol. The van der Waals surface area contributed by atoms with Gasteiger partial charge in [0.05, 0.1) is 6.42 Å². The highest BCUT2D eigenvalue weighted by Gasteiger charge is 2.26. The number of hydrogen-bond acceptors (Lipinski definition) is 3. The van der Waals surface area contributed by atoms with Crippen LogP contribution in [0.3, 0.4) is 0 Å². The van der Waals surface area contributed by atoms with Gasteiger partial charge in [-0.15, -0.1) is 0 Å². The zero-order chi connectivity index (χ0) is 19.0. The molecule has 0 saturated carbocycles. The third kappa shape index (κ3) is 6.58. The van der Waals surface area contributed by atoms with Gasteiger partial charge in [-0.1, -0.05) is 12.1 Å². The highest BCUT2D eigenvalue weighted by Crippen LogP contribution is 2.23. The first-order chi connectivity index (χ1) is 12.4. The standard InChI is InChI=1S/C17H18F4N4O/c1-22-16(24-9-7-17(19,20)21)25-11-12-4-3-8-23-15(12)26-14-6-2-5-13(18)10-14/h2-6,8,10H,7,9,11H2,1H3,(H2,22,24,25). The number of hydrogen-bond donors (Lipinski definition) is 2. The summed E-state index contributed by atoms with van der Waals surface area (Å²) >= 11 is 0. The largest absolute Gasteiger partial charge is 0.439 e. The summed E-state index contributed by atoms with van der Waals surface area (Å²) in [7, 11) is 1.45. The molecule has 0 aliphatic heterocycles. The molecule has 2 aromatic rings. The maximum Gasteiger partial charge on any atom is 0.390 e. The number of nitrogens with one attached hydrogen (secondary N) is 2. The molecule has 5 nitrogen and oxygen atoms in total. The number of rotatable bonds is 6. The van der Waals surface area contributed by atoms with Gasteiger partial charge in [-0.2, -0.15) is 13.2 Å². The van der Waals surface area contributed by atoms with Gasteiger partial charge in [0.1, 0.15) is 11.6 Å². The first-order valence-corrected chi connectivity index (χ1v) is 7.76. The van der Waals surface area contributed by atoms with Gasteiger partial charge >= 0.3 is 6.18 Å². The Labute approximate surface area is 148 Å². The zero-order valence-electron chi connectivity index (χ0n) is 14.0. The van der Waals surface area contributed by atoms with Crippen molar-refractivity contribution in [3.05, 3.63) is 54.0 Å². The van der Waals surface area contributed by atoms with Gasteiger partial charge in [-0.3, -0.25) is 4.99 Å². The molecular formula is C17H18F4N4O. The lowest BCUT2D eigenvalue weighted by atomic mass is 10.2. The molecule has 9 heteroatoms. The van der Waals surface area contributed by atoms with Gasteiger partial charge < -0.3 is 15.4 Å². The lowest BCUT2D eigenvalue weighted by molar-refractivity contribution is -0.132. The first kappa shape index (κ1) is 19.5. The van der Waals surface area contributed by atoms with Crippen LogP contribution in [0.4, 0.5) is 17.6 Å². The monoisotopic (exact) mass is 370 g/mol. The maximum absolute atomic E-state index is 13.3. The summed E-state index contributed by atoms with van der Waals surface area (Å²) in [4.78, 5) is 7.97. The molecule has 0 aliphatic rings. The van der Waals surface area contributed by atoms with E-state index in [4.69, 9.17) is 4.74 Å². The number of benzene rings is 1. The number of halogens is 4. The van der Waals surface area contributed by atoms with Crippen molar-refractivity contribution < 1.29 is 22.3 Å². The smallest absolute Gasteiger partial charge is 0.390 e. The molecule has 0 radical (unpaired) electrons. The maximum atomic E-state index is 13.3. The molecule has 0 amide bonds. The highest BCUT2D eigenvalue weighted by atomic mass is 19.4. The minimum Gasteiger partial charge on any atom is -0.439 e. The normalized spacial score (nSPS) is 12.0. The van der Waals surface area contributed by atoms with Crippen molar-refractivity contribution in [1.29, 1.82) is 0 Å². The molecule has 0 fully saturated rings. The lowest BCUT2D eigenvalue weighted by Crippen LogP contribution is -2.38. The summed E-state index contributed by atoms with van der Waals surface area (Å²) in [6, 6.07) is 9.05. The molecule has 0 unspecified atom stereocenters. The molecule has 0 saturated heterocycles. The van der Waals surface area contributed by atoms with Crippen molar-refractivity contribution in [3.8, 4) is 11.6 Å². The highest BCUT2D eigenvalue weighted by molar-refractivity contribution is 5.79. The molecule has 0 bridgehead atoms. The zero-order valence-corrected chi connectivity index (χ0v) is 14.0. The van der Waals surface area contributed by atoms with Gasteiger partial charge in [0.15, 0.2) is 5.96 Å². The van der Waals surface area contributed by atoms with E-state index < -0.39 is 18.4 Å². The second-order valence-corrected chi connectivity index (χ2v) is 5.24. The fraction of sp³-hybridized carbons (Fsp3) is 0.294. The fourth-order valence-corrected chi connectivity index (χ4v) is 2.01. The van der Waals surface area contributed by atoms with Gasteiger partial charge in [0.2, 0.25) is 5.88 Å². The predicted molar refractivity (Wildman–Crippen MR) is 89.6 cm³/mol. The van der Waals surface area contributed by atoms with E-state index in [9.17, 15) is 17.6 Å². The molecule has 1 aromatic carbocycles. The molecule has 0 spiro atoms. The van der Waals surface area contributed by atoms with E-state index in [1.807, 2.05) is 0 Å². The summed E-state index contributed by atoms with van der Waals surface area (Å²) in [5.41, 5.74) is 0.635. The van der Waals surface area contributed by atoms with Crippen LogP contribution in [0, 0.1) is 5.82 Å². The summed E-state index contributed by atoms with van der Waals surface area (Å²) in [6.45, 7) is -0.0763. The van der Waals surface area contributed by atoms with Crippen molar-refractivity contribution in [2.75, 3.05) is 13.6 Å². The van der Waals surface area contributed by atoms with Crippen LogP contribution in [-0.2, 0) is 6.54 Å². The van der Waals surface area contributed by atoms with Crippen LogP contribution < -0.4 is 15.4 Å². The number of guanidine groups is 1. The minimum absolute atomic E-state index is 0.212. The number of pyridine rings is 1. The average Bonchev–Trinajstić information content (AvgIpc) is 2.58. The van der Waals surface area contributed by atoms with E-state index in [-0.39, 0.29) is 30.7 Å². The Balaban J connectivity index is 1.96. The van der Waals surface area contributed by atoms with Gasteiger partial charge in [0.25, 0.3) is 0 Å². The number of aromatic nitrogens is 1. The number of aliphatic imine (C=N–C) groups is 1. The summed E-state index contributed by atoms with van der Waals surface area (Å²) < 4.78 is 55.4. The predicted octanol–water partition coefficient (Wildman–Crippen LogP) is 3.63. The number of ether oxygens (including phenoxy) is 1. The third-order valence-electron chi connectivity index (χ3n) is 3.23. The third-order valence-corrected chi connectivity index (χ3v) is 3.23. The molecule has 140 valence electrons. The van der Waals surface area contributed by atoms with Crippen molar-refractivity contribution in [1.82, 2.24) is 15.6 Å². The molecule has 2 rings (SSSR count). The Hall–Kier alpha value is -2.84. The Morgan fingerprint density at radius 1 is 1.19 bits per heavy atom. The Morgan fingerprint density at radius 3 is 2.69 bits per heavy atom. The second-order valence-electron chi connectivity index (χ2n) is 5.24. The van der Waals surface area contributed by atoms with Crippen molar-refractivity contribution in [2.24, 2.45) is 4.99 Å². The topological polar surface area (TPSA) is 58.5 Å². The SMILES string of the molecule is CN=C(NCCC(F)(F)F)NCc1cccnc1Oc1cccc(F)c1. The fourth-order valence-electron chi connectivity index (χ4n) is 2.01. The van der Waals surface area contributed by atoms with Crippen LogP contribution in [-0.4, -0.2) is 30.7 Å². The van der Waals surface area contributed by atoms with Crippen molar-refractivity contribution in [3.63, 3.8) is 0 Å². The van der Waals surface area contributed by atoms with Crippen LogP contribution in [0.5, 0.6) is 11.6 Å². The summed E-state index contributed by atoms with van der Waals surface area (Å²) in [5, 5.41) is 5.47. The number of nitrogens with zero attached hydrogens (tertiary/aromatic N) is 2. The van der Waals surface area contributed by atoms with Crippen LogP contribution >= 0.6 is 0 Å². The molecule has 1 aromatic heterocycles. The molecule has 26 heavy (non-hydrogen) atoms. The van der Waals surface area contributed by atoms with Crippen LogP contribution in [0.25, 0.3) is 0 Å². The van der Waals surface area contributed by atoms with E-state index in [2.05, 4.69) is 20.6 Å². The molecule has 2 N–H and O–H groups in total. The lowest BCUT2D eigenvalue weighted by Gasteiger charge is -2.14. The first-order valence-electron chi connectivity index (χ1n) is 7.76. The minimum atomic E-state index is -4.23. The summed E-state index contributed by atoms with van der Waals surface area (Å²) in [6.07, 6.45) is -3.68. The van der Waals surface area contributed by atoms with E-state index in [1.54, 1.807) is 18.2 Å². The van der Waals surface area contributed by atoms with E-state index in [0.29, 0.717) is 5.56 Å². The van der Waals surface area contributed by atoms with Gasteiger partial charge in [-0.05, 0) is 18.2 Å². The molecule has 0 atom stereocenters. The van der Waals surface area contributed by atoms with Crippen LogP contribution in [0.15, 0.2) is 47.6 Å². The Morgan fingerprint density at radius 2 is 2.00 bits per heavy atom. The summed E-state index contributed by atoms with van der Waals surface area (Å²) in [5.74, 6) is 0.330. The molecule has 0 aliphatic carbocycles. The van der Waals surface area contributed by atoms with Gasteiger partial charge in [0, 0.05) is 38.0 Å². The van der Waals surface area contributed by atoms with E-state index in [1.165, 1.54) is 31.4 Å².